The number of aromatic amines is 1. The van der Waals surface area contributed by atoms with E-state index in [1.54, 1.807) is 0 Å². The highest BCUT2D eigenvalue weighted by molar-refractivity contribution is 5.76. The van der Waals surface area contributed by atoms with E-state index in [1.807, 2.05) is 43.9 Å². The third kappa shape index (κ3) is 6.13. The summed E-state index contributed by atoms with van der Waals surface area (Å²) in [7, 11) is 0. The van der Waals surface area contributed by atoms with Gasteiger partial charge in [-0.2, -0.15) is 0 Å². The quantitative estimate of drug-likeness (QED) is 0.217. The molecular formula is C30H37N5O2. The highest BCUT2D eigenvalue weighted by Gasteiger charge is 2.35. The van der Waals surface area contributed by atoms with E-state index in [1.165, 1.54) is 16.8 Å². The molecule has 0 amide bonds. The lowest BCUT2D eigenvalue weighted by Gasteiger charge is -2.32. The lowest BCUT2D eigenvalue weighted by atomic mass is 10.1. The average Bonchev–Trinajstić information content (AvgIpc) is 3.51. The second kappa shape index (κ2) is 10.5. The molecule has 194 valence electrons. The van der Waals surface area contributed by atoms with Crippen molar-refractivity contribution in [3.05, 3.63) is 89.7 Å². The zero-order valence-electron chi connectivity index (χ0n) is 21.9. The van der Waals surface area contributed by atoms with E-state index in [-0.39, 0.29) is 6.04 Å². The summed E-state index contributed by atoms with van der Waals surface area (Å²) in [6.45, 7) is 8.18. The van der Waals surface area contributed by atoms with Crippen molar-refractivity contribution in [2.24, 2.45) is 0 Å². The average molecular weight is 500 g/mol. The molecule has 0 saturated carbocycles. The Morgan fingerprint density at radius 3 is 2.49 bits per heavy atom. The molecule has 4 aromatic rings. The number of benzene rings is 3. The molecule has 2 heterocycles. The summed E-state index contributed by atoms with van der Waals surface area (Å²) in [4.78, 5) is 12.8. The number of anilines is 2. The molecule has 0 radical (unpaired) electrons. The van der Waals surface area contributed by atoms with Gasteiger partial charge in [-0.15, -0.1) is 0 Å². The number of H-pyrrole nitrogens is 1. The van der Waals surface area contributed by atoms with Gasteiger partial charge in [0.2, 0.25) is 6.41 Å². The van der Waals surface area contributed by atoms with Crippen LogP contribution in [0.4, 0.5) is 11.4 Å². The van der Waals surface area contributed by atoms with Gasteiger partial charge < -0.3 is 25.5 Å². The van der Waals surface area contributed by atoms with E-state index >= 15 is 0 Å². The summed E-state index contributed by atoms with van der Waals surface area (Å²) < 4.78 is 5.83. The van der Waals surface area contributed by atoms with Crippen LogP contribution in [0.25, 0.3) is 11.0 Å². The molecule has 3 aromatic carbocycles. The van der Waals surface area contributed by atoms with Crippen molar-refractivity contribution in [1.29, 1.82) is 0 Å². The first-order valence-electron chi connectivity index (χ1n) is 13.0. The number of nitrogen functional groups attached to an aromatic ring is 1. The summed E-state index contributed by atoms with van der Waals surface area (Å²) in [5, 5.41) is 10.7. The van der Waals surface area contributed by atoms with Gasteiger partial charge in [-0.1, -0.05) is 36.4 Å². The SMILES string of the molecule is CC(C)(C)OC(O)N1CCCC1c1nc2ccc(CN(Cc3ccc(N)cc3)c3ccccc3)cc2[nH]1. The number of nitrogens with two attached hydrogens (primary N) is 1. The summed E-state index contributed by atoms with van der Waals surface area (Å²) in [6.07, 6.45) is 0.971. The number of ether oxygens (including phenoxy) is 1. The normalized spacial score (nSPS) is 17.4. The van der Waals surface area contributed by atoms with Crippen molar-refractivity contribution in [3.8, 4) is 0 Å². The van der Waals surface area contributed by atoms with Gasteiger partial charge in [0.25, 0.3) is 0 Å². The Labute approximate surface area is 218 Å². The van der Waals surface area contributed by atoms with Crippen molar-refractivity contribution < 1.29 is 9.84 Å². The fourth-order valence-corrected chi connectivity index (χ4v) is 5.00. The van der Waals surface area contributed by atoms with Crippen LogP contribution in [-0.2, 0) is 17.8 Å². The van der Waals surface area contributed by atoms with Gasteiger partial charge in [-0.3, -0.25) is 0 Å². The minimum absolute atomic E-state index is 0.000431. The maximum Gasteiger partial charge on any atom is 0.217 e. The maximum atomic E-state index is 10.7. The fourth-order valence-electron chi connectivity index (χ4n) is 5.00. The molecular weight excluding hydrogens is 462 g/mol. The van der Waals surface area contributed by atoms with Crippen LogP contribution >= 0.6 is 0 Å². The fraction of sp³-hybridized carbons (Fsp3) is 0.367. The third-order valence-electron chi connectivity index (χ3n) is 6.77. The highest BCUT2D eigenvalue weighted by Crippen LogP contribution is 2.34. The Morgan fingerprint density at radius 1 is 1.05 bits per heavy atom. The van der Waals surface area contributed by atoms with E-state index in [4.69, 9.17) is 15.5 Å². The van der Waals surface area contributed by atoms with Crippen molar-refractivity contribution in [3.63, 3.8) is 0 Å². The zero-order chi connectivity index (χ0) is 26.0. The van der Waals surface area contributed by atoms with E-state index in [2.05, 4.69) is 64.5 Å². The minimum Gasteiger partial charge on any atom is -0.399 e. The first kappa shape index (κ1) is 25.3. The van der Waals surface area contributed by atoms with Crippen LogP contribution in [0.1, 0.15) is 56.6 Å². The maximum absolute atomic E-state index is 10.7. The number of hydrogen-bond donors (Lipinski definition) is 3. The molecule has 2 atom stereocenters. The molecule has 0 bridgehead atoms. The number of aromatic nitrogens is 2. The second-order valence-corrected chi connectivity index (χ2v) is 10.9. The molecule has 0 aliphatic carbocycles. The van der Waals surface area contributed by atoms with Crippen LogP contribution in [0.2, 0.25) is 0 Å². The van der Waals surface area contributed by atoms with Gasteiger partial charge in [0.1, 0.15) is 5.82 Å². The number of likely N-dealkylation sites (tertiary alicyclic amines) is 1. The Kier molecular flexibility index (Phi) is 7.20. The van der Waals surface area contributed by atoms with Crippen molar-refractivity contribution in [2.45, 2.75) is 64.8 Å². The number of aliphatic hydroxyl groups excluding tert-OH is 1. The molecule has 1 aliphatic heterocycles. The van der Waals surface area contributed by atoms with Crippen LogP contribution in [0.3, 0.4) is 0 Å². The summed E-state index contributed by atoms with van der Waals surface area (Å²) in [5.74, 6) is 0.878. The third-order valence-corrected chi connectivity index (χ3v) is 6.77. The summed E-state index contributed by atoms with van der Waals surface area (Å²) >= 11 is 0. The van der Waals surface area contributed by atoms with Gasteiger partial charge >= 0.3 is 0 Å². The Balaban J connectivity index is 1.37. The Morgan fingerprint density at radius 2 is 1.76 bits per heavy atom. The van der Waals surface area contributed by atoms with Gasteiger partial charge in [-0.25, -0.2) is 9.88 Å². The molecule has 2 unspecified atom stereocenters. The van der Waals surface area contributed by atoms with Gasteiger partial charge in [-0.05, 0) is 81.1 Å². The van der Waals surface area contributed by atoms with Crippen LogP contribution in [0.5, 0.6) is 0 Å². The number of aliphatic hydroxyl groups is 1. The number of hydrogen-bond acceptors (Lipinski definition) is 6. The second-order valence-electron chi connectivity index (χ2n) is 10.9. The summed E-state index contributed by atoms with van der Waals surface area (Å²) in [5.41, 5.74) is 11.8. The molecule has 1 fully saturated rings. The minimum atomic E-state index is -0.955. The molecule has 4 N–H and O–H groups in total. The molecule has 37 heavy (non-hydrogen) atoms. The summed E-state index contributed by atoms with van der Waals surface area (Å²) in [6, 6.07) is 25.0. The lowest BCUT2D eigenvalue weighted by Crippen LogP contribution is -2.41. The Hall–Kier alpha value is -3.39. The number of fused-ring (bicyclic) bond motifs is 1. The van der Waals surface area contributed by atoms with E-state index in [0.29, 0.717) is 0 Å². The Bertz CT molecular complexity index is 1310. The van der Waals surface area contributed by atoms with Crippen LogP contribution in [-0.4, -0.2) is 38.5 Å². The first-order valence-corrected chi connectivity index (χ1v) is 13.0. The predicted octanol–water partition coefficient (Wildman–Crippen LogP) is 5.58. The molecule has 7 nitrogen and oxygen atoms in total. The topological polar surface area (TPSA) is 90.6 Å². The first-order chi connectivity index (χ1) is 17.7. The molecule has 1 aromatic heterocycles. The smallest absolute Gasteiger partial charge is 0.217 e. The van der Waals surface area contributed by atoms with E-state index in [0.717, 1.165) is 55.0 Å². The van der Waals surface area contributed by atoms with Crippen LogP contribution in [0, 0.1) is 0 Å². The molecule has 5 rings (SSSR count). The van der Waals surface area contributed by atoms with E-state index < -0.39 is 12.0 Å². The zero-order valence-corrected chi connectivity index (χ0v) is 21.9. The molecule has 1 saturated heterocycles. The number of imidazole rings is 1. The number of rotatable bonds is 8. The number of para-hydroxylation sites is 1. The highest BCUT2D eigenvalue weighted by atomic mass is 16.6. The van der Waals surface area contributed by atoms with Gasteiger partial charge in [0, 0.05) is 31.0 Å². The van der Waals surface area contributed by atoms with E-state index in [9.17, 15) is 5.11 Å². The molecule has 1 aliphatic rings. The monoisotopic (exact) mass is 499 g/mol. The molecule has 7 heteroatoms. The van der Waals surface area contributed by atoms with Crippen LogP contribution < -0.4 is 10.6 Å². The van der Waals surface area contributed by atoms with Crippen LogP contribution in [0.15, 0.2) is 72.8 Å². The van der Waals surface area contributed by atoms with Gasteiger partial charge in [0.05, 0.1) is 22.7 Å². The van der Waals surface area contributed by atoms with Crippen molar-refractivity contribution >= 4 is 22.4 Å². The lowest BCUT2D eigenvalue weighted by molar-refractivity contribution is -0.243. The van der Waals surface area contributed by atoms with Gasteiger partial charge in [0.15, 0.2) is 0 Å². The van der Waals surface area contributed by atoms with Crippen molar-refractivity contribution in [1.82, 2.24) is 14.9 Å². The largest absolute Gasteiger partial charge is 0.399 e. The standard InChI is InChI=1S/C30H37N5O2/c1-30(2,3)37-29(36)35-17-7-10-27(35)28-32-25-16-13-22(18-26(25)33-28)20-34(24-8-5-4-6-9-24)19-21-11-14-23(31)15-12-21/h4-6,8-9,11-16,18,27,29,36H,7,10,17,19-20,31H2,1-3H3,(H,32,33). The van der Waals surface area contributed by atoms with Crippen molar-refractivity contribution in [2.75, 3.05) is 17.2 Å². The molecule has 0 spiro atoms. The predicted molar refractivity (Wildman–Crippen MR) is 149 cm³/mol. The number of nitrogens with one attached hydrogen (secondary N) is 1. The number of nitrogens with zero attached hydrogens (tertiary/aromatic N) is 3.